The maximum Gasteiger partial charge on any atom is 0.185 e. The van der Waals surface area contributed by atoms with Crippen molar-refractivity contribution in [2.75, 3.05) is 78.5 Å². The van der Waals surface area contributed by atoms with E-state index in [9.17, 15) is 0 Å². The lowest BCUT2D eigenvalue weighted by Gasteiger charge is -2.03. The summed E-state index contributed by atoms with van der Waals surface area (Å²) in [5.74, 6) is -2.01. The minimum atomic E-state index is -1.08. The Morgan fingerprint density at radius 2 is 0.310 bits per heavy atom. The summed E-state index contributed by atoms with van der Waals surface area (Å²) in [6.07, 6.45) is 45.7. The molecule has 516 valence electrons. The number of nitrogens with two attached hydrogens (primary N) is 15. The molecule has 0 radical (unpaired) electrons. The van der Waals surface area contributed by atoms with E-state index in [1.165, 1.54) is 232 Å². The van der Waals surface area contributed by atoms with Gasteiger partial charge in [-0.1, -0.05) is 116 Å². The summed E-state index contributed by atoms with van der Waals surface area (Å²) in [5.41, 5.74) is 63.4. The van der Waals surface area contributed by atoms with Gasteiger partial charge in [-0.15, -0.1) is 0 Å². The number of quaternary nitrogens is 3. The highest BCUT2D eigenvalue weighted by Gasteiger charge is 2.00. The second-order valence-electron chi connectivity index (χ2n) is 21.6. The number of hydrogen-bond donors (Lipinski definition) is 15. The van der Waals surface area contributed by atoms with Crippen molar-refractivity contribution < 1.29 is 45.7 Å². The van der Waals surface area contributed by atoms with Crippen molar-refractivity contribution in [1.29, 1.82) is 0 Å². The van der Waals surface area contributed by atoms with Gasteiger partial charge in [-0.2, -0.15) is 0 Å². The number of hydrogen-bond acceptors (Lipinski definition) is 12. The Morgan fingerprint density at radius 1 is 0.218 bits per heavy atom. The molecule has 0 aliphatic carbocycles. The van der Waals surface area contributed by atoms with Crippen LogP contribution in [0.1, 0.15) is 252 Å². The van der Waals surface area contributed by atoms with Crippen LogP contribution in [0, 0.1) is 0 Å². The molecule has 0 aliphatic heterocycles. The first kappa shape index (κ1) is 92.1. The van der Waals surface area contributed by atoms with E-state index in [2.05, 4.69) is 45.9 Å². The van der Waals surface area contributed by atoms with Gasteiger partial charge in [0.1, 0.15) is 0 Å². The highest BCUT2D eigenvalue weighted by atomic mass is 16.4. The molecular weight excluding hydrogens is 1110 g/mol. The Morgan fingerprint density at radius 3 is 0.414 bits per heavy atom. The second kappa shape index (κ2) is 82.0. The number of aliphatic carboxylic acids is 3. The molecule has 0 bridgehead atoms. The van der Waals surface area contributed by atoms with E-state index >= 15 is 0 Å². The number of nitrogens with zero attached hydrogens (tertiary/aromatic N) is 6. The zero-order chi connectivity index (χ0) is 66.5. The Kier molecular flexibility index (Phi) is 86.8. The predicted octanol–water partition coefficient (Wildman–Crippen LogP) is -1.40. The summed E-state index contributed by atoms with van der Waals surface area (Å²) < 4.78 is 0. The number of unbranched alkanes of at least 4 members (excludes halogenated alkanes) is 30. The third-order valence-electron chi connectivity index (χ3n) is 12.7. The summed E-state index contributed by atoms with van der Waals surface area (Å²) in [6.45, 7) is 15.2. The van der Waals surface area contributed by atoms with Gasteiger partial charge in [-0.25, -0.2) is 0 Å². The molecule has 0 spiro atoms. The van der Waals surface area contributed by atoms with Crippen LogP contribution in [0.4, 0.5) is 0 Å². The van der Waals surface area contributed by atoms with Crippen LogP contribution in [-0.4, -0.2) is 132 Å². The van der Waals surface area contributed by atoms with Crippen molar-refractivity contribution in [3.05, 3.63) is 0 Å². The van der Waals surface area contributed by atoms with Crippen molar-refractivity contribution >= 4 is 53.7 Å². The first-order valence-corrected chi connectivity index (χ1v) is 32.9. The van der Waals surface area contributed by atoms with Gasteiger partial charge in [-0.05, 0) is 136 Å². The van der Waals surface area contributed by atoms with Gasteiger partial charge < -0.3 is 114 Å². The first-order valence-electron chi connectivity index (χ1n) is 32.9. The summed E-state index contributed by atoms with van der Waals surface area (Å²) in [5, 5.41) is 34.1. The number of carboxylic acid groups (broad SMARTS) is 3. The maximum absolute atomic E-state index is 8.89. The molecule has 0 unspecified atom stereocenters. The Balaban J connectivity index is -0.000000257. The van der Waals surface area contributed by atoms with E-state index in [0.717, 1.165) is 98.6 Å². The highest BCUT2D eigenvalue weighted by molar-refractivity contribution is 5.77. The maximum atomic E-state index is 8.89. The molecule has 0 atom stereocenters. The second-order valence-corrected chi connectivity index (χ2v) is 21.6. The number of carboxylic acids is 3. The molecule has 0 aromatic heterocycles. The van der Waals surface area contributed by atoms with Crippen molar-refractivity contribution in [3.8, 4) is 0 Å². The Hall–Kier alpha value is -6.09. The summed E-state index contributed by atoms with van der Waals surface area (Å²) >= 11 is 0. The SMILES string of the molecule is CC(=O)[O-].CC(=O)[O-].CC(=O)[O-].NC(N)=NCCCCCCCC[NH2+]CCCCCCCCN=C(N)N.NC(N)=NCCCCCCCC[NH2+]CCCCCCCCN=C(N)N.NC(N)=NCCCCCCCC[NH2+]CCCCCCCCN=C(N)N. The molecule has 0 amide bonds. The largest absolute Gasteiger partial charge is 0.550 e. The molecule has 27 heteroatoms. The normalized spacial score (nSPS) is 9.97. The number of carbonyl (C=O) groups excluding carboxylic acids is 3. The van der Waals surface area contributed by atoms with Crippen LogP contribution in [0.3, 0.4) is 0 Å². The average Bonchev–Trinajstić information content (AvgIpc) is 3.42. The predicted molar refractivity (Wildman–Crippen MR) is 357 cm³/mol. The van der Waals surface area contributed by atoms with Gasteiger partial charge in [-0.3, -0.25) is 30.0 Å². The minimum absolute atomic E-state index is 0.207. The van der Waals surface area contributed by atoms with Crippen molar-refractivity contribution in [2.45, 2.75) is 252 Å². The third kappa shape index (κ3) is 135. The van der Waals surface area contributed by atoms with Crippen LogP contribution in [0.5, 0.6) is 0 Å². The highest BCUT2D eigenvalue weighted by Crippen LogP contribution is 2.09. The molecule has 0 saturated carbocycles. The van der Waals surface area contributed by atoms with Crippen molar-refractivity contribution in [1.82, 2.24) is 0 Å². The molecule has 0 heterocycles. The molecule has 0 aromatic rings. The van der Waals surface area contributed by atoms with Crippen molar-refractivity contribution in [3.63, 3.8) is 0 Å². The molecule has 30 N–H and O–H groups in total. The van der Waals surface area contributed by atoms with Crippen LogP contribution in [0.25, 0.3) is 0 Å². The first-order chi connectivity index (χ1) is 41.6. The lowest BCUT2D eigenvalue weighted by atomic mass is 10.1. The van der Waals surface area contributed by atoms with Gasteiger partial charge in [0, 0.05) is 57.2 Å². The average molecular weight is 1250 g/mol. The molecule has 27 nitrogen and oxygen atoms in total. The molecule has 0 rings (SSSR count). The van der Waals surface area contributed by atoms with Crippen LogP contribution in [0.2, 0.25) is 0 Å². The van der Waals surface area contributed by atoms with E-state index in [-0.39, 0.29) is 35.8 Å². The minimum Gasteiger partial charge on any atom is -0.550 e. The topological polar surface area (TPSA) is 557 Å². The standard InChI is InChI=1S/3C18H41N7.3C2H4O2/c3*19-17(20)24-15-11-7-3-1-5-9-13-23-14-10-6-2-4-8-12-16-25-18(21)22;3*1-2(3)4/h3*23H,1-16H2,(H4,19,20,24)(H4,21,22,25);3*1H3,(H,3,4). The van der Waals surface area contributed by atoms with Gasteiger partial charge >= 0.3 is 0 Å². The zero-order valence-electron chi connectivity index (χ0n) is 55.2. The lowest BCUT2D eigenvalue weighted by molar-refractivity contribution is -0.655. The molecule has 0 aromatic carbocycles. The molecule has 87 heavy (non-hydrogen) atoms. The summed E-state index contributed by atoms with van der Waals surface area (Å²) in [7, 11) is 0. The van der Waals surface area contributed by atoms with Gasteiger partial charge in [0.2, 0.25) is 0 Å². The lowest BCUT2D eigenvalue weighted by Crippen LogP contribution is -2.84. The smallest absolute Gasteiger partial charge is 0.185 e. The fourth-order valence-corrected chi connectivity index (χ4v) is 8.33. The number of carbonyl (C=O) groups is 3. The van der Waals surface area contributed by atoms with E-state index < -0.39 is 17.9 Å². The van der Waals surface area contributed by atoms with Crippen LogP contribution in [-0.2, 0) is 14.4 Å². The summed E-state index contributed by atoms with van der Waals surface area (Å²) in [4.78, 5) is 50.6. The Labute approximate surface area is 526 Å². The zero-order valence-corrected chi connectivity index (χ0v) is 55.2. The molecule has 0 saturated heterocycles. The fourth-order valence-electron chi connectivity index (χ4n) is 8.33. The van der Waals surface area contributed by atoms with E-state index in [4.69, 9.17) is 98.5 Å². The molecule has 0 fully saturated rings. The van der Waals surface area contributed by atoms with E-state index in [1.807, 2.05) is 0 Å². The molecular formula is C60H135N21O6. The van der Waals surface area contributed by atoms with Crippen molar-refractivity contribution in [2.24, 2.45) is 98.8 Å². The van der Waals surface area contributed by atoms with E-state index in [1.54, 1.807) is 0 Å². The number of rotatable bonds is 54. The van der Waals surface area contributed by atoms with Crippen LogP contribution < -0.4 is 100 Å². The number of aliphatic imine (C=N–C) groups is 6. The number of guanidine groups is 6. The van der Waals surface area contributed by atoms with Crippen LogP contribution in [0.15, 0.2) is 30.0 Å². The fraction of sp³-hybridized carbons (Fsp3) is 0.850. The van der Waals surface area contributed by atoms with Gasteiger partial charge in [0.05, 0.1) is 39.3 Å². The quantitative estimate of drug-likeness (QED) is 0.0189. The van der Waals surface area contributed by atoms with Gasteiger partial charge in [0.15, 0.2) is 35.8 Å². The van der Waals surface area contributed by atoms with Gasteiger partial charge in [0.25, 0.3) is 0 Å². The molecule has 0 aliphatic rings. The summed E-state index contributed by atoms with van der Waals surface area (Å²) in [6, 6.07) is 0. The monoisotopic (exact) mass is 1250 g/mol. The Bertz CT molecular complexity index is 1340. The van der Waals surface area contributed by atoms with E-state index in [0.29, 0.717) is 0 Å². The third-order valence-corrected chi connectivity index (χ3v) is 12.7. The van der Waals surface area contributed by atoms with Crippen LogP contribution >= 0.6 is 0 Å².